The summed E-state index contributed by atoms with van der Waals surface area (Å²) in [5.41, 5.74) is 1.71. The van der Waals surface area contributed by atoms with Gasteiger partial charge in [-0.15, -0.1) is 0 Å². The highest BCUT2D eigenvalue weighted by Gasteiger charge is 2.37. The number of hydrogen-bond donors (Lipinski definition) is 1. The molecule has 1 amide bonds. The van der Waals surface area contributed by atoms with Gasteiger partial charge in [-0.1, -0.05) is 32.0 Å². The van der Waals surface area contributed by atoms with Crippen LogP contribution in [0.2, 0.25) is 0 Å². The molecule has 5 heteroatoms. The van der Waals surface area contributed by atoms with Gasteiger partial charge in [-0.05, 0) is 24.5 Å². The summed E-state index contributed by atoms with van der Waals surface area (Å²) in [7, 11) is 0. The monoisotopic (exact) mass is 314 g/mol. The van der Waals surface area contributed by atoms with E-state index < -0.39 is 11.9 Å². The molecule has 1 fully saturated rings. The van der Waals surface area contributed by atoms with Gasteiger partial charge in [0.15, 0.2) is 0 Å². The number of para-hydroxylation sites is 1. The predicted octanol–water partition coefficient (Wildman–Crippen LogP) is 2.84. The summed E-state index contributed by atoms with van der Waals surface area (Å²) in [6.45, 7) is 5.56. The van der Waals surface area contributed by atoms with Crippen LogP contribution in [-0.4, -0.2) is 39.5 Å². The molecule has 5 nitrogen and oxygen atoms in total. The molecule has 23 heavy (non-hydrogen) atoms. The van der Waals surface area contributed by atoms with E-state index >= 15 is 0 Å². The number of likely N-dealkylation sites (tertiary alicyclic amines) is 1. The molecular weight excluding hydrogens is 292 g/mol. The van der Waals surface area contributed by atoms with E-state index in [1.807, 2.05) is 37.3 Å². The fourth-order valence-corrected chi connectivity index (χ4v) is 3.47. The molecule has 2 heterocycles. The molecule has 0 spiro atoms. The zero-order valence-corrected chi connectivity index (χ0v) is 13.5. The van der Waals surface area contributed by atoms with Crippen molar-refractivity contribution in [2.45, 2.75) is 26.8 Å². The Morgan fingerprint density at radius 1 is 1.26 bits per heavy atom. The topological polar surface area (TPSA) is 62.5 Å². The Morgan fingerprint density at radius 2 is 2.00 bits per heavy atom. The smallest absolute Gasteiger partial charge is 0.308 e. The summed E-state index contributed by atoms with van der Waals surface area (Å²) in [5.74, 6) is -1.37. The van der Waals surface area contributed by atoms with E-state index in [4.69, 9.17) is 0 Å². The van der Waals surface area contributed by atoms with Crippen LogP contribution < -0.4 is 0 Å². The second kappa shape index (κ2) is 6.07. The molecule has 3 rings (SSSR count). The highest BCUT2D eigenvalue weighted by Crippen LogP contribution is 2.27. The third-order valence-corrected chi connectivity index (χ3v) is 4.69. The number of amides is 1. The van der Waals surface area contributed by atoms with Gasteiger partial charge in [0.05, 0.1) is 5.92 Å². The number of carboxylic acid groups (broad SMARTS) is 1. The number of aryl methyl sites for hydroxylation is 1. The minimum Gasteiger partial charge on any atom is -0.481 e. The minimum absolute atomic E-state index is 0.0135. The Morgan fingerprint density at radius 3 is 2.65 bits per heavy atom. The van der Waals surface area contributed by atoms with Crippen LogP contribution in [0.4, 0.5) is 0 Å². The lowest BCUT2D eigenvalue weighted by Gasteiger charge is -2.17. The highest BCUT2D eigenvalue weighted by atomic mass is 16.4. The molecule has 0 bridgehead atoms. The van der Waals surface area contributed by atoms with Crippen molar-refractivity contribution in [3.63, 3.8) is 0 Å². The van der Waals surface area contributed by atoms with Gasteiger partial charge in [0.25, 0.3) is 5.91 Å². The van der Waals surface area contributed by atoms with Crippen molar-refractivity contribution < 1.29 is 14.7 Å². The summed E-state index contributed by atoms with van der Waals surface area (Å²) in [6.07, 6.45) is 0.938. The molecule has 122 valence electrons. The van der Waals surface area contributed by atoms with Crippen molar-refractivity contribution >= 4 is 22.8 Å². The second-order valence-corrected chi connectivity index (χ2v) is 6.37. The summed E-state index contributed by atoms with van der Waals surface area (Å²) in [4.78, 5) is 25.9. The Labute approximate surface area is 135 Å². The van der Waals surface area contributed by atoms with Crippen molar-refractivity contribution in [1.29, 1.82) is 0 Å². The fraction of sp³-hybridized carbons (Fsp3) is 0.444. The van der Waals surface area contributed by atoms with E-state index in [0.29, 0.717) is 18.8 Å². The van der Waals surface area contributed by atoms with Crippen molar-refractivity contribution in [2.24, 2.45) is 11.8 Å². The Hall–Kier alpha value is -2.30. The number of fused-ring (bicyclic) bond motifs is 1. The minimum atomic E-state index is -0.818. The molecule has 1 N–H and O–H groups in total. The quantitative estimate of drug-likeness (QED) is 0.944. The van der Waals surface area contributed by atoms with Crippen LogP contribution in [0.15, 0.2) is 30.3 Å². The average Bonchev–Trinajstić information content (AvgIpc) is 3.09. The Balaban J connectivity index is 1.95. The van der Waals surface area contributed by atoms with E-state index in [-0.39, 0.29) is 11.8 Å². The Bertz CT molecular complexity index is 750. The average molecular weight is 314 g/mol. The lowest BCUT2D eigenvalue weighted by atomic mass is 9.99. The normalized spacial score (nSPS) is 21.0. The van der Waals surface area contributed by atoms with Crippen molar-refractivity contribution in [2.75, 3.05) is 13.1 Å². The molecule has 2 atom stereocenters. The van der Waals surface area contributed by atoms with Gasteiger partial charge in [0.1, 0.15) is 5.69 Å². The molecule has 1 aromatic heterocycles. The third kappa shape index (κ3) is 2.71. The maximum absolute atomic E-state index is 12.9. The molecule has 1 saturated heterocycles. The van der Waals surface area contributed by atoms with Crippen LogP contribution in [0.3, 0.4) is 0 Å². The number of hydrogen-bond acceptors (Lipinski definition) is 2. The van der Waals surface area contributed by atoms with E-state index in [1.165, 1.54) is 0 Å². The standard InChI is InChI=1S/C18H22N2O3/c1-3-8-20-15-7-5-4-6-13(15)9-16(20)17(21)19-10-12(2)14(11-19)18(22)23/h4-7,9,12,14H,3,8,10-11H2,1-2H3,(H,22,23)/t12-,14-/m1/s1. The van der Waals surface area contributed by atoms with Crippen LogP contribution in [0.5, 0.6) is 0 Å². The summed E-state index contributed by atoms with van der Waals surface area (Å²) in [5, 5.41) is 10.3. The molecule has 0 aliphatic carbocycles. The number of nitrogens with zero attached hydrogens (tertiary/aromatic N) is 2. The van der Waals surface area contributed by atoms with Gasteiger partial charge >= 0.3 is 5.97 Å². The fourth-order valence-electron chi connectivity index (χ4n) is 3.47. The van der Waals surface area contributed by atoms with Gasteiger partial charge in [0, 0.05) is 30.5 Å². The van der Waals surface area contributed by atoms with Crippen LogP contribution in [0.1, 0.15) is 30.8 Å². The van der Waals surface area contributed by atoms with Gasteiger partial charge in [0.2, 0.25) is 0 Å². The number of carbonyl (C=O) groups excluding carboxylic acids is 1. The summed E-state index contributed by atoms with van der Waals surface area (Å²) >= 11 is 0. The van der Waals surface area contributed by atoms with Crippen LogP contribution in [0.25, 0.3) is 10.9 Å². The first-order valence-corrected chi connectivity index (χ1v) is 8.13. The van der Waals surface area contributed by atoms with E-state index in [9.17, 15) is 14.7 Å². The zero-order valence-electron chi connectivity index (χ0n) is 13.5. The number of rotatable bonds is 4. The number of benzene rings is 1. The predicted molar refractivity (Wildman–Crippen MR) is 88.4 cm³/mol. The summed E-state index contributed by atoms with van der Waals surface area (Å²) in [6, 6.07) is 9.89. The van der Waals surface area contributed by atoms with Gasteiger partial charge in [-0.3, -0.25) is 9.59 Å². The van der Waals surface area contributed by atoms with E-state index in [1.54, 1.807) is 4.90 Å². The van der Waals surface area contributed by atoms with Gasteiger partial charge in [-0.25, -0.2) is 0 Å². The number of aromatic nitrogens is 1. The van der Waals surface area contributed by atoms with Crippen LogP contribution in [-0.2, 0) is 11.3 Å². The van der Waals surface area contributed by atoms with Crippen molar-refractivity contribution in [3.8, 4) is 0 Å². The SMILES string of the molecule is CCCn1c(C(=O)N2C[C@@H](C)[C@H](C(=O)O)C2)cc2ccccc21. The van der Waals surface area contributed by atoms with Gasteiger partial charge < -0.3 is 14.6 Å². The third-order valence-electron chi connectivity index (χ3n) is 4.69. The lowest BCUT2D eigenvalue weighted by molar-refractivity contribution is -0.142. The summed E-state index contributed by atoms with van der Waals surface area (Å²) < 4.78 is 2.05. The van der Waals surface area contributed by atoms with Crippen LogP contribution >= 0.6 is 0 Å². The number of carboxylic acids is 1. The maximum atomic E-state index is 12.9. The molecular formula is C18H22N2O3. The molecule has 1 aliphatic rings. The molecule has 0 saturated carbocycles. The van der Waals surface area contributed by atoms with E-state index in [2.05, 4.69) is 11.5 Å². The highest BCUT2D eigenvalue weighted by molar-refractivity contribution is 5.99. The van der Waals surface area contributed by atoms with Gasteiger partial charge in [-0.2, -0.15) is 0 Å². The molecule has 1 aromatic carbocycles. The number of carbonyl (C=O) groups is 2. The van der Waals surface area contributed by atoms with Crippen molar-refractivity contribution in [3.05, 3.63) is 36.0 Å². The first-order chi connectivity index (χ1) is 11.0. The number of aliphatic carboxylic acids is 1. The molecule has 0 radical (unpaired) electrons. The maximum Gasteiger partial charge on any atom is 0.308 e. The Kier molecular flexibility index (Phi) is 4.11. The molecule has 2 aromatic rings. The van der Waals surface area contributed by atoms with E-state index in [0.717, 1.165) is 23.9 Å². The zero-order chi connectivity index (χ0) is 16.6. The first kappa shape index (κ1) is 15.6. The lowest BCUT2D eigenvalue weighted by Crippen LogP contribution is -2.31. The van der Waals surface area contributed by atoms with Crippen LogP contribution in [0, 0.1) is 11.8 Å². The largest absolute Gasteiger partial charge is 0.481 e. The van der Waals surface area contributed by atoms with Crippen molar-refractivity contribution in [1.82, 2.24) is 9.47 Å². The first-order valence-electron chi connectivity index (χ1n) is 8.13. The second-order valence-electron chi connectivity index (χ2n) is 6.37. The molecule has 0 unspecified atom stereocenters. The molecule has 1 aliphatic heterocycles.